The second kappa shape index (κ2) is 7.22. The van der Waals surface area contributed by atoms with Gasteiger partial charge in [-0.1, -0.05) is 18.5 Å². The van der Waals surface area contributed by atoms with Crippen LogP contribution in [-0.2, 0) is 13.0 Å². The van der Waals surface area contributed by atoms with E-state index in [2.05, 4.69) is 12.2 Å². The van der Waals surface area contributed by atoms with Crippen molar-refractivity contribution in [1.29, 1.82) is 0 Å². The molecule has 1 N–H and O–H groups in total. The third-order valence-corrected chi connectivity index (χ3v) is 3.22. The second-order valence-electron chi connectivity index (χ2n) is 4.26. The molecule has 4 heteroatoms. The lowest BCUT2D eigenvalue weighted by atomic mass is 10.1. The maximum Gasteiger partial charge on any atom is 0.119 e. The standard InChI is InChI=1S/C15H18ClNO2/c1-2-13-9-14(3-4-15(13)16)19-8-6-17-10-12-5-7-18-11-12/h3-5,7,9,11,17H,2,6,8,10H2,1H3. The fraction of sp³-hybridized carbons (Fsp3) is 0.333. The van der Waals surface area contributed by atoms with E-state index in [-0.39, 0.29) is 0 Å². The van der Waals surface area contributed by atoms with Crippen LogP contribution in [0.1, 0.15) is 18.1 Å². The molecule has 0 saturated carbocycles. The summed E-state index contributed by atoms with van der Waals surface area (Å²) in [7, 11) is 0. The van der Waals surface area contributed by atoms with Crippen LogP contribution in [0.15, 0.2) is 41.2 Å². The van der Waals surface area contributed by atoms with Crippen molar-refractivity contribution in [2.24, 2.45) is 0 Å². The molecule has 0 saturated heterocycles. The van der Waals surface area contributed by atoms with Crippen LogP contribution in [0.2, 0.25) is 5.02 Å². The summed E-state index contributed by atoms with van der Waals surface area (Å²) in [6.07, 6.45) is 4.32. The molecule has 0 bridgehead atoms. The lowest BCUT2D eigenvalue weighted by Crippen LogP contribution is -2.20. The van der Waals surface area contributed by atoms with Gasteiger partial charge in [-0.05, 0) is 36.2 Å². The van der Waals surface area contributed by atoms with Crippen molar-refractivity contribution in [2.75, 3.05) is 13.2 Å². The molecule has 102 valence electrons. The molecule has 2 aromatic rings. The number of furan rings is 1. The molecular formula is C15H18ClNO2. The van der Waals surface area contributed by atoms with Crippen molar-refractivity contribution >= 4 is 11.6 Å². The first kappa shape index (κ1) is 14.0. The van der Waals surface area contributed by atoms with E-state index in [0.717, 1.165) is 41.4 Å². The zero-order valence-corrected chi connectivity index (χ0v) is 11.7. The van der Waals surface area contributed by atoms with Gasteiger partial charge in [0.2, 0.25) is 0 Å². The summed E-state index contributed by atoms with van der Waals surface area (Å²) in [4.78, 5) is 0. The Morgan fingerprint density at radius 3 is 2.95 bits per heavy atom. The van der Waals surface area contributed by atoms with Gasteiger partial charge >= 0.3 is 0 Å². The molecule has 0 aliphatic rings. The van der Waals surface area contributed by atoms with Crippen molar-refractivity contribution in [1.82, 2.24) is 5.32 Å². The number of nitrogens with one attached hydrogen (secondary N) is 1. The van der Waals surface area contributed by atoms with Crippen LogP contribution in [0, 0.1) is 0 Å². The van der Waals surface area contributed by atoms with Crippen LogP contribution in [0.4, 0.5) is 0 Å². The normalized spacial score (nSPS) is 10.6. The van der Waals surface area contributed by atoms with Gasteiger partial charge in [0.1, 0.15) is 12.4 Å². The highest BCUT2D eigenvalue weighted by Crippen LogP contribution is 2.22. The second-order valence-corrected chi connectivity index (χ2v) is 4.67. The van der Waals surface area contributed by atoms with Crippen molar-refractivity contribution in [3.8, 4) is 5.75 Å². The molecule has 0 spiro atoms. The van der Waals surface area contributed by atoms with Gasteiger partial charge < -0.3 is 14.5 Å². The molecular weight excluding hydrogens is 262 g/mol. The fourth-order valence-electron chi connectivity index (χ4n) is 1.78. The van der Waals surface area contributed by atoms with Crippen LogP contribution < -0.4 is 10.1 Å². The topological polar surface area (TPSA) is 34.4 Å². The Morgan fingerprint density at radius 2 is 2.21 bits per heavy atom. The Hall–Kier alpha value is -1.45. The Bertz CT molecular complexity index is 497. The highest BCUT2D eigenvalue weighted by molar-refractivity contribution is 6.31. The molecule has 2 rings (SSSR count). The summed E-state index contributed by atoms with van der Waals surface area (Å²) in [5.74, 6) is 0.867. The van der Waals surface area contributed by atoms with Gasteiger partial charge in [-0.15, -0.1) is 0 Å². The Morgan fingerprint density at radius 1 is 1.32 bits per heavy atom. The van der Waals surface area contributed by atoms with E-state index in [4.69, 9.17) is 20.8 Å². The molecule has 1 aromatic heterocycles. The monoisotopic (exact) mass is 279 g/mol. The molecule has 0 unspecified atom stereocenters. The number of aryl methyl sites for hydroxylation is 1. The molecule has 1 aromatic carbocycles. The number of ether oxygens (including phenoxy) is 1. The van der Waals surface area contributed by atoms with Gasteiger partial charge in [0.05, 0.1) is 12.5 Å². The van der Waals surface area contributed by atoms with Gasteiger partial charge in [-0.3, -0.25) is 0 Å². The zero-order valence-electron chi connectivity index (χ0n) is 11.0. The van der Waals surface area contributed by atoms with Gasteiger partial charge in [0.15, 0.2) is 0 Å². The number of hydrogen-bond acceptors (Lipinski definition) is 3. The van der Waals surface area contributed by atoms with E-state index in [0.29, 0.717) is 6.61 Å². The maximum absolute atomic E-state index is 6.06. The number of benzene rings is 1. The predicted octanol–water partition coefficient (Wildman–Crippen LogP) is 3.66. The number of rotatable bonds is 7. The molecule has 0 atom stereocenters. The first-order chi connectivity index (χ1) is 9.29. The fourth-order valence-corrected chi connectivity index (χ4v) is 2.03. The minimum atomic E-state index is 0.628. The first-order valence-corrected chi connectivity index (χ1v) is 6.80. The van der Waals surface area contributed by atoms with Crippen LogP contribution in [-0.4, -0.2) is 13.2 Å². The predicted molar refractivity (Wildman–Crippen MR) is 76.7 cm³/mol. The van der Waals surface area contributed by atoms with Gasteiger partial charge in [-0.2, -0.15) is 0 Å². The molecule has 0 aliphatic carbocycles. The average Bonchev–Trinajstić information content (AvgIpc) is 2.93. The van der Waals surface area contributed by atoms with Crippen LogP contribution >= 0.6 is 11.6 Å². The van der Waals surface area contributed by atoms with Crippen molar-refractivity contribution in [3.05, 3.63) is 52.9 Å². The smallest absolute Gasteiger partial charge is 0.119 e. The van der Waals surface area contributed by atoms with E-state index in [1.54, 1.807) is 12.5 Å². The highest BCUT2D eigenvalue weighted by atomic mass is 35.5. The lowest BCUT2D eigenvalue weighted by Gasteiger charge is -2.09. The molecule has 1 heterocycles. The summed E-state index contributed by atoms with van der Waals surface area (Å²) in [5.41, 5.74) is 2.25. The Labute approximate surface area is 118 Å². The maximum atomic E-state index is 6.06. The summed E-state index contributed by atoms with van der Waals surface area (Å²) in [6, 6.07) is 7.73. The Balaban J connectivity index is 1.70. The third-order valence-electron chi connectivity index (χ3n) is 2.85. The van der Waals surface area contributed by atoms with Crippen molar-refractivity contribution in [2.45, 2.75) is 19.9 Å². The van der Waals surface area contributed by atoms with Gasteiger partial charge in [0.25, 0.3) is 0 Å². The number of halogens is 1. The molecule has 3 nitrogen and oxygen atoms in total. The van der Waals surface area contributed by atoms with Crippen molar-refractivity contribution in [3.63, 3.8) is 0 Å². The molecule has 0 aliphatic heterocycles. The average molecular weight is 280 g/mol. The molecule has 0 fully saturated rings. The molecule has 0 amide bonds. The SMILES string of the molecule is CCc1cc(OCCNCc2ccoc2)ccc1Cl. The largest absolute Gasteiger partial charge is 0.492 e. The van der Waals surface area contributed by atoms with Crippen molar-refractivity contribution < 1.29 is 9.15 Å². The third kappa shape index (κ3) is 4.30. The van der Waals surface area contributed by atoms with Crippen LogP contribution in [0.3, 0.4) is 0 Å². The molecule has 19 heavy (non-hydrogen) atoms. The van der Waals surface area contributed by atoms with E-state index in [1.807, 2.05) is 24.3 Å². The zero-order chi connectivity index (χ0) is 13.5. The minimum Gasteiger partial charge on any atom is -0.492 e. The first-order valence-electron chi connectivity index (χ1n) is 6.42. The van der Waals surface area contributed by atoms with Gasteiger partial charge in [-0.25, -0.2) is 0 Å². The van der Waals surface area contributed by atoms with E-state index < -0.39 is 0 Å². The van der Waals surface area contributed by atoms with E-state index >= 15 is 0 Å². The quantitative estimate of drug-likeness (QED) is 0.786. The van der Waals surface area contributed by atoms with Crippen LogP contribution in [0.5, 0.6) is 5.75 Å². The van der Waals surface area contributed by atoms with Crippen LogP contribution in [0.25, 0.3) is 0 Å². The Kier molecular flexibility index (Phi) is 5.31. The van der Waals surface area contributed by atoms with E-state index in [1.165, 1.54) is 0 Å². The molecule has 0 radical (unpaired) electrons. The lowest BCUT2D eigenvalue weighted by molar-refractivity contribution is 0.313. The summed E-state index contributed by atoms with van der Waals surface area (Å²) in [6.45, 7) is 4.29. The summed E-state index contributed by atoms with van der Waals surface area (Å²) >= 11 is 6.06. The summed E-state index contributed by atoms with van der Waals surface area (Å²) < 4.78 is 10.7. The number of hydrogen-bond donors (Lipinski definition) is 1. The minimum absolute atomic E-state index is 0.628. The van der Waals surface area contributed by atoms with Gasteiger partial charge in [0, 0.05) is 23.7 Å². The highest BCUT2D eigenvalue weighted by Gasteiger charge is 2.01. The van der Waals surface area contributed by atoms with E-state index in [9.17, 15) is 0 Å². The summed E-state index contributed by atoms with van der Waals surface area (Å²) in [5, 5.41) is 4.09.